The zero-order valence-electron chi connectivity index (χ0n) is 10.2. The Labute approximate surface area is 96.3 Å². The minimum atomic E-state index is 0.419. The van der Waals surface area contributed by atoms with Crippen molar-refractivity contribution in [3.8, 4) is 0 Å². The minimum Gasteiger partial charge on any atom is -0.402 e. The quantitative estimate of drug-likeness (QED) is 0.377. The average Bonchev–Trinajstić information content (AvgIpc) is 2.11. The topological polar surface area (TPSA) is 89.3 Å². The van der Waals surface area contributed by atoms with E-state index in [1.807, 2.05) is 0 Å². The van der Waals surface area contributed by atoms with Gasteiger partial charge in [-0.25, -0.2) is 5.01 Å². The zero-order chi connectivity index (χ0) is 12.7. The van der Waals surface area contributed by atoms with Crippen molar-refractivity contribution < 1.29 is 0 Å². The molecule has 0 atom stereocenters. The summed E-state index contributed by atoms with van der Waals surface area (Å²) in [5.74, 6) is 0. The van der Waals surface area contributed by atoms with Crippen LogP contribution >= 0.6 is 0 Å². The Bertz CT molecular complexity index is 359. The lowest BCUT2D eigenvalue weighted by Gasteiger charge is -2.13. The highest BCUT2D eigenvalue weighted by atomic mass is 15.5. The van der Waals surface area contributed by atoms with E-state index in [0.29, 0.717) is 22.8 Å². The average molecular weight is 221 g/mol. The van der Waals surface area contributed by atoms with Gasteiger partial charge in [0.25, 0.3) is 0 Å². The van der Waals surface area contributed by atoms with Gasteiger partial charge in [0.1, 0.15) is 6.34 Å². The van der Waals surface area contributed by atoms with Gasteiger partial charge in [0.2, 0.25) is 0 Å². The molecule has 0 aromatic rings. The van der Waals surface area contributed by atoms with Gasteiger partial charge in [-0.15, -0.1) is 0 Å². The van der Waals surface area contributed by atoms with Crippen LogP contribution in [0.2, 0.25) is 0 Å². The summed E-state index contributed by atoms with van der Waals surface area (Å²) in [5, 5.41) is 20.1. The molecule has 0 saturated carbocycles. The van der Waals surface area contributed by atoms with Crippen molar-refractivity contribution >= 4 is 17.8 Å². The van der Waals surface area contributed by atoms with Gasteiger partial charge in [0, 0.05) is 17.1 Å². The van der Waals surface area contributed by atoms with E-state index in [2.05, 4.69) is 5.10 Å². The summed E-state index contributed by atoms with van der Waals surface area (Å²) in [7, 11) is 0. The smallest absolute Gasteiger partial charge is 0.108 e. The molecule has 0 rings (SSSR count). The van der Waals surface area contributed by atoms with Gasteiger partial charge in [-0.05, 0) is 39.8 Å². The fourth-order valence-electron chi connectivity index (χ4n) is 1.12. The van der Waals surface area contributed by atoms with Crippen LogP contribution in [0.3, 0.4) is 0 Å². The number of nitrogens with one attached hydrogen (secondary N) is 2. The number of rotatable bonds is 5. The van der Waals surface area contributed by atoms with E-state index in [-0.39, 0.29) is 0 Å². The SMILES string of the molecule is CC(=N)/C=C(/C)N(C=N)/N=C(C)/C=C(/C)N. The van der Waals surface area contributed by atoms with Crippen LogP contribution in [0.5, 0.6) is 0 Å². The van der Waals surface area contributed by atoms with Gasteiger partial charge in [-0.1, -0.05) is 0 Å². The lowest BCUT2D eigenvalue weighted by Crippen LogP contribution is -2.15. The summed E-state index contributed by atoms with van der Waals surface area (Å²) in [6.45, 7) is 7.04. The third-order valence-electron chi connectivity index (χ3n) is 1.61. The van der Waals surface area contributed by atoms with Crippen molar-refractivity contribution in [2.75, 3.05) is 0 Å². The number of allylic oxidation sites excluding steroid dienone is 4. The summed E-state index contributed by atoms with van der Waals surface area (Å²) in [4.78, 5) is 0. The summed E-state index contributed by atoms with van der Waals surface area (Å²) in [6.07, 6.45) is 4.46. The normalized spacial score (nSPS) is 13.6. The highest BCUT2D eigenvalue weighted by Gasteiger charge is 2.00. The van der Waals surface area contributed by atoms with E-state index in [0.717, 1.165) is 6.34 Å². The molecule has 0 saturated heterocycles. The van der Waals surface area contributed by atoms with Crippen molar-refractivity contribution in [2.45, 2.75) is 27.7 Å². The van der Waals surface area contributed by atoms with Crippen LogP contribution < -0.4 is 5.73 Å². The molecular weight excluding hydrogens is 202 g/mol. The molecule has 0 aliphatic heterocycles. The molecule has 0 aliphatic rings. The van der Waals surface area contributed by atoms with Gasteiger partial charge in [0.05, 0.1) is 5.71 Å². The molecule has 0 spiro atoms. The molecule has 4 N–H and O–H groups in total. The predicted molar refractivity (Wildman–Crippen MR) is 68.8 cm³/mol. The largest absolute Gasteiger partial charge is 0.402 e. The van der Waals surface area contributed by atoms with E-state index < -0.39 is 0 Å². The zero-order valence-corrected chi connectivity index (χ0v) is 10.2. The summed E-state index contributed by atoms with van der Waals surface area (Å²) < 4.78 is 0. The minimum absolute atomic E-state index is 0.419. The van der Waals surface area contributed by atoms with Crippen molar-refractivity contribution in [1.82, 2.24) is 5.01 Å². The van der Waals surface area contributed by atoms with E-state index >= 15 is 0 Å². The van der Waals surface area contributed by atoms with Crippen molar-refractivity contribution in [3.05, 3.63) is 23.5 Å². The van der Waals surface area contributed by atoms with E-state index in [1.54, 1.807) is 39.8 Å². The Morgan fingerprint density at radius 3 is 2.12 bits per heavy atom. The number of nitrogens with zero attached hydrogens (tertiary/aromatic N) is 2. The van der Waals surface area contributed by atoms with Crippen LogP contribution in [0.1, 0.15) is 27.7 Å². The van der Waals surface area contributed by atoms with Gasteiger partial charge < -0.3 is 11.1 Å². The molecule has 0 aromatic heterocycles. The molecule has 5 nitrogen and oxygen atoms in total. The van der Waals surface area contributed by atoms with Gasteiger partial charge in [-0.3, -0.25) is 5.41 Å². The Balaban J connectivity index is 4.97. The first-order chi connectivity index (χ1) is 7.36. The molecule has 0 amide bonds. The van der Waals surface area contributed by atoms with Crippen LogP contribution in [0.4, 0.5) is 0 Å². The summed E-state index contributed by atoms with van der Waals surface area (Å²) in [6, 6.07) is 0. The third kappa shape index (κ3) is 5.74. The van der Waals surface area contributed by atoms with Crippen molar-refractivity contribution in [1.29, 1.82) is 10.8 Å². The first kappa shape index (κ1) is 14.1. The maximum Gasteiger partial charge on any atom is 0.108 e. The first-order valence-electron chi connectivity index (χ1n) is 4.89. The van der Waals surface area contributed by atoms with E-state index in [1.165, 1.54) is 5.01 Å². The summed E-state index contributed by atoms with van der Waals surface area (Å²) >= 11 is 0. The Kier molecular flexibility index (Phi) is 5.77. The third-order valence-corrected chi connectivity index (χ3v) is 1.61. The van der Waals surface area contributed by atoms with Crippen LogP contribution in [0.25, 0.3) is 0 Å². The molecule has 88 valence electrons. The molecule has 16 heavy (non-hydrogen) atoms. The number of hydrogen-bond donors (Lipinski definition) is 3. The fraction of sp³-hybridized carbons (Fsp3) is 0.364. The van der Waals surface area contributed by atoms with Gasteiger partial charge in [-0.2, -0.15) is 5.10 Å². The molecule has 0 aliphatic carbocycles. The molecule has 0 fully saturated rings. The lowest BCUT2D eigenvalue weighted by molar-refractivity contribution is 0.565. The van der Waals surface area contributed by atoms with Crippen LogP contribution in [-0.4, -0.2) is 22.8 Å². The molecular formula is C11H19N5. The second-order valence-corrected chi connectivity index (χ2v) is 3.57. The Morgan fingerprint density at radius 2 is 1.75 bits per heavy atom. The molecule has 0 radical (unpaired) electrons. The molecule has 5 heteroatoms. The van der Waals surface area contributed by atoms with Crippen LogP contribution in [-0.2, 0) is 0 Å². The number of nitrogens with two attached hydrogens (primary N) is 1. The molecule has 0 aromatic carbocycles. The highest BCUT2D eigenvalue weighted by molar-refractivity contribution is 5.94. The fourth-order valence-corrected chi connectivity index (χ4v) is 1.12. The van der Waals surface area contributed by atoms with E-state index in [4.69, 9.17) is 16.6 Å². The van der Waals surface area contributed by atoms with Gasteiger partial charge >= 0.3 is 0 Å². The second kappa shape index (κ2) is 6.55. The predicted octanol–water partition coefficient (Wildman–Crippen LogP) is 2.08. The molecule has 0 bridgehead atoms. The van der Waals surface area contributed by atoms with Crippen LogP contribution in [0.15, 0.2) is 28.6 Å². The summed E-state index contributed by atoms with van der Waals surface area (Å²) in [5.41, 5.74) is 8.03. The van der Waals surface area contributed by atoms with Crippen LogP contribution in [0, 0.1) is 10.8 Å². The second-order valence-electron chi connectivity index (χ2n) is 3.57. The molecule has 0 unspecified atom stereocenters. The maximum atomic E-state index is 7.33. The van der Waals surface area contributed by atoms with Crippen molar-refractivity contribution in [2.24, 2.45) is 10.8 Å². The highest BCUT2D eigenvalue weighted by Crippen LogP contribution is 2.02. The van der Waals surface area contributed by atoms with E-state index in [9.17, 15) is 0 Å². The first-order valence-corrected chi connectivity index (χ1v) is 4.89. The lowest BCUT2D eigenvalue weighted by atomic mass is 10.3. The van der Waals surface area contributed by atoms with Crippen molar-refractivity contribution in [3.63, 3.8) is 0 Å². The molecule has 0 heterocycles. The number of hydrogen-bond acceptors (Lipinski definition) is 4. The van der Waals surface area contributed by atoms with Gasteiger partial charge in [0.15, 0.2) is 0 Å². The monoisotopic (exact) mass is 221 g/mol. The number of hydrazone groups is 1. The standard InChI is InChI=1S/C11H19N5/c1-8(13)5-10(3)15-16(7-12)11(4)6-9(2)14/h5-7,12,14H,13H2,1-4H3/b8-5-,11-6-,12-7?,14-9?,15-10+. The Hall–Kier alpha value is -1.91. The maximum absolute atomic E-state index is 7.33. The Morgan fingerprint density at radius 1 is 1.19 bits per heavy atom.